The van der Waals surface area contributed by atoms with Gasteiger partial charge >= 0.3 is 0 Å². The van der Waals surface area contributed by atoms with Crippen LogP contribution in [0.4, 0.5) is 11.4 Å². The van der Waals surface area contributed by atoms with Crippen molar-refractivity contribution in [3.8, 4) is 5.75 Å². The highest BCUT2D eigenvalue weighted by Crippen LogP contribution is 2.32. The number of hydrogen-bond donors (Lipinski definition) is 1. The van der Waals surface area contributed by atoms with E-state index in [0.29, 0.717) is 30.8 Å². The van der Waals surface area contributed by atoms with Crippen molar-refractivity contribution in [2.75, 3.05) is 29.8 Å². The van der Waals surface area contributed by atoms with E-state index in [0.717, 1.165) is 0 Å². The van der Waals surface area contributed by atoms with E-state index in [-0.39, 0.29) is 28.8 Å². The van der Waals surface area contributed by atoms with E-state index in [2.05, 4.69) is 5.32 Å². The Bertz CT molecular complexity index is 1290. The Morgan fingerprint density at radius 3 is 2.57 bits per heavy atom. The minimum absolute atomic E-state index is 0.00856. The molecule has 0 bridgehead atoms. The molecule has 0 radical (unpaired) electrons. The summed E-state index contributed by atoms with van der Waals surface area (Å²) in [7, 11) is -2.48. The van der Waals surface area contributed by atoms with E-state index >= 15 is 0 Å². The molecule has 1 fully saturated rings. The van der Waals surface area contributed by atoms with Gasteiger partial charge in [-0.15, -0.1) is 0 Å². The number of sulfonamides is 1. The van der Waals surface area contributed by atoms with E-state index in [1.807, 2.05) is 6.07 Å². The van der Waals surface area contributed by atoms with Gasteiger partial charge in [0.15, 0.2) is 5.76 Å². The monoisotopic (exact) mass is 497 g/mol. The van der Waals surface area contributed by atoms with Crippen LogP contribution in [0.2, 0.25) is 0 Å². The molecule has 1 atom stereocenters. The number of carbonyl (C=O) groups excluding carboxylic acids is 2. The van der Waals surface area contributed by atoms with E-state index in [1.54, 1.807) is 43.3 Å². The van der Waals surface area contributed by atoms with Crippen LogP contribution in [0.25, 0.3) is 0 Å². The number of benzene rings is 2. The molecule has 184 valence electrons. The highest BCUT2D eigenvalue weighted by atomic mass is 32.2. The largest absolute Gasteiger partial charge is 0.495 e. The van der Waals surface area contributed by atoms with Crippen LogP contribution in [0.15, 0.2) is 76.2 Å². The summed E-state index contributed by atoms with van der Waals surface area (Å²) < 4.78 is 38.7. The third-order valence-electron chi connectivity index (χ3n) is 5.90. The predicted molar refractivity (Wildman–Crippen MR) is 131 cm³/mol. The zero-order chi connectivity index (χ0) is 25.0. The Morgan fingerprint density at radius 1 is 1.14 bits per heavy atom. The zero-order valence-corrected chi connectivity index (χ0v) is 20.3. The fraction of sp³-hybridized carbons (Fsp3) is 0.280. The molecule has 4 rings (SSSR count). The number of carbonyl (C=O) groups is 2. The summed E-state index contributed by atoms with van der Waals surface area (Å²) in [5.74, 6) is -0.319. The number of methoxy groups -OCH3 is 1. The third kappa shape index (κ3) is 4.88. The van der Waals surface area contributed by atoms with Gasteiger partial charge in [-0.2, -0.15) is 0 Å². The van der Waals surface area contributed by atoms with E-state index < -0.39 is 22.0 Å². The smallest absolute Gasteiger partial charge is 0.290 e. The Labute approximate surface area is 204 Å². The number of anilines is 2. The average molecular weight is 498 g/mol. The molecule has 10 heteroatoms. The predicted octanol–water partition coefficient (Wildman–Crippen LogP) is 3.75. The summed E-state index contributed by atoms with van der Waals surface area (Å²) in [6, 6.07) is 15.6. The minimum atomic E-state index is -3.91. The molecule has 2 heterocycles. The van der Waals surface area contributed by atoms with Gasteiger partial charge in [-0.3, -0.25) is 13.9 Å². The molecular formula is C25H27N3O6S. The summed E-state index contributed by atoms with van der Waals surface area (Å²) in [5.41, 5.74) is 0.745. The Balaban J connectivity index is 1.60. The number of ether oxygens (including phenoxy) is 1. The lowest BCUT2D eigenvalue weighted by atomic mass is 10.2. The summed E-state index contributed by atoms with van der Waals surface area (Å²) in [5, 5.41) is 2.77. The van der Waals surface area contributed by atoms with Crippen molar-refractivity contribution in [1.82, 2.24) is 4.90 Å². The van der Waals surface area contributed by atoms with Crippen LogP contribution < -0.4 is 14.4 Å². The topological polar surface area (TPSA) is 109 Å². The molecule has 1 aliphatic rings. The molecule has 0 unspecified atom stereocenters. The molecule has 9 nitrogen and oxygen atoms in total. The molecule has 1 aliphatic heterocycles. The fourth-order valence-corrected chi connectivity index (χ4v) is 5.70. The van der Waals surface area contributed by atoms with E-state index in [9.17, 15) is 18.0 Å². The lowest BCUT2D eigenvalue weighted by molar-refractivity contribution is -0.119. The van der Waals surface area contributed by atoms with Crippen LogP contribution in [0.5, 0.6) is 5.75 Å². The van der Waals surface area contributed by atoms with Crippen LogP contribution in [0, 0.1) is 0 Å². The first-order valence-electron chi connectivity index (χ1n) is 11.3. The van der Waals surface area contributed by atoms with Crippen molar-refractivity contribution < 1.29 is 27.2 Å². The molecule has 3 aromatic rings. The maximum Gasteiger partial charge on any atom is 0.290 e. The Hall–Kier alpha value is -3.79. The maximum absolute atomic E-state index is 13.4. The SMILES string of the molecule is CCN(c1ccccc1)S(=O)(=O)c1ccc(OC)c(NC(=O)[C@@H]2CCCN2C(=O)c2ccco2)c1. The van der Waals surface area contributed by atoms with Crippen molar-refractivity contribution in [3.63, 3.8) is 0 Å². The second-order valence-corrected chi connectivity index (χ2v) is 9.85. The van der Waals surface area contributed by atoms with Crippen molar-refractivity contribution in [2.24, 2.45) is 0 Å². The van der Waals surface area contributed by atoms with E-state index in [4.69, 9.17) is 9.15 Å². The molecule has 1 saturated heterocycles. The fourth-order valence-electron chi connectivity index (χ4n) is 4.20. The summed E-state index contributed by atoms with van der Waals surface area (Å²) >= 11 is 0. The second kappa shape index (κ2) is 10.2. The summed E-state index contributed by atoms with van der Waals surface area (Å²) in [6.07, 6.45) is 2.55. The number of para-hydroxylation sites is 1. The van der Waals surface area contributed by atoms with Gasteiger partial charge in [-0.1, -0.05) is 18.2 Å². The van der Waals surface area contributed by atoms with Crippen LogP contribution >= 0.6 is 0 Å². The second-order valence-electron chi connectivity index (χ2n) is 7.99. The van der Waals surface area contributed by atoms with Crippen LogP contribution in [-0.2, 0) is 14.8 Å². The maximum atomic E-state index is 13.4. The lowest BCUT2D eigenvalue weighted by Crippen LogP contribution is -2.43. The van der Waals surface area contributed by atoms with Gasteiger partial charge in [0.1, 0.15) is 11.8 Å². The van der Waals surface area contributed by atoms with Gasteiger partial charge in [0.05, 0.1) is 29.6 Å². The van der Waals surface area contributed by atoms with Gasteiger partial charge < -0.3 is 19.4 Å². The number of likely N-dealkylation sites (tertiary alicyclic amines) is 1. The molecule has 1 aromatic heterocycles. The first-order valence-corrected chi connectivity index (χ1v) is 12.7. The lowest BCUT2D eigenvalue weighted by Gasteiger charge is -2.25. The van der Waals surface area contributed by atoms with Gasteiger partial charge in [0.25, 0.3) is 15.9 Å². The number of rotatable bonds is 8. The Morgan fingerprint density at radius 2 is 1.91 bits per heavy atom. The van der Waals surface area contributed by atoms with Crippen LogP contribution in [0.3, 0.4) is 0 Å². The number of amides is 2. The van der Waals surface area contributed by atoms with E-state index in [1.165, 1.54) is 40.8 Å². The first-order chi connectivity index (χ1) is 16.9. The van der Waals surface area contributed by atoms with Crippen molar-refractivity contribution in [2.45, 2.75) is 30.7 Å². The normalized spacial score (nSPS) is 15.6. The number of furan rings is 1. The summed E-state index contributed by atoms with van der Waals surface area (Å²) in [4.78, 5) is 27.4. The van der Waals surface area contributed by atoms with Gasteiger partial charge in [-0.25, -0.2) is 8.42 Å². The highest BCUT2D eigenvalue weighted by Gasteiger charge is 2.36. The van der Waals surface area contributed by atoms with Gasteiger partial charge in [0, 0.05) is 13.1 Å². The molecule has 1 N–H and O–H groups in total. The zero-order valence-electron chi connectivity index (χ0n) is 19.5. The Kier molecular flexibility index (Phi) is 7.11. The minimum Gasteiger partial charge on any atom is -0.495 e. The van der Waals surface area contributed by atoms with Crippen molar-refractivity contribution in [1.29, 1.82) is 0 Å². The number of nitrogens with zero attached hydrogens (tertiary/aromatic N) is 2. The first kappa shape index (κ1) is 24.3. The quantitative estimate of drug-likeness (QED) is 0.508. The van der Waals surface area contributed by atoms with Crippen LogP contribution in [0.1, 0.15) is 30.3 Å². The van der Waals surface area contributed by atoms with Gasteiger partial charge in [-0.05, 0) is 62.2 Å². The highest BCUT2D eigenvalue weighted by molar-refractivity contribution is 7.92. The molecule has 2 amide bonds. The molecule has 2 aromatic carbocycles. The van der Waals surface area contributed by atoms with Crippen molar-refractivity contribution in [3.05, 3.63) is 72.7 Å². The number of nitrogens with one attached hydrogen (secondary N) is 1. The van der Waals surface area contributed by atoms with Crippen LogP contribution in [-0.4, -0.2) is 51.4 Å². The molecule has 35 heavy (non-hydrogen) atoms. The summed E-state index contributed by atoms with van der Waals surface area (Å²) in [6.45, 7) is 2.40. The molecule has 0 saturated carbocycles. The molecule has 0 aliphatic carbocycles. The average Bonchev–Trinajstić information content (AvgIpc) is 3.57. The number of hydrogen-bond acceptors (Lipinski definition) is 6. The third-order valence-corrected chi connectivity index (χ3v) is 7.80. The standard InChI is InChI=1S/C25H27N3O6S/c1-3-28(18-9-5-4-6-10-18)35(31,32)19-13-14-22(33-2)20(17-19)26-24(29)21-11-7-15-27(21)25(30)23-12-8-16-34-23/h4-6,8-10,12-14,16-17,21H,3,7,11,15H2,1-2H3,(H,26,29)/t21-/m0/s1. The molecule has 0 spiro atoms. The van der Waals surface area contributed by atoms with Gasteiger partial charge in [0.2, 0.25) is 5.91 Å². The molecular weight excluding hydrogens is 470 g/mol. The van der Waals surface area contributed by atoms with Crippen molar-refractivity contribution >= 4 is 33.2 Å².